The zero-order chi connectivity index (χ0) is 17.9. The molecule has 0 aromatic heterocycles. The first kappa shape index (κ1) is 23.4. The van der Waals surface area contributed by atoms with Gasteiger partial charge in [0.05, 0.1) is 13.2 Å². The molecule has 0 heterocycles. The van der Waals surface area contributed by atoms with Crippen LogP contribution in [0.1, 0.15) is 116 Å². The van der Waals surface area contributed by atoms with Gasteiger partial charge in [-0.1, -0.05) is 90.4 Å². The first-order chi connectivity index (χ1) is 11.7. The van der Waals surface area contributed by atoms with Crippen LogP contribution < -0.4 is 0 Å². The lowest BCUT2D eigenvalue weighted by Gasteiger charge is -2.10. The van der Waals surface area contributed by atoms with Gasteiger partial charge in [0.15, 0.2) is 0 Å². The second kappa shape index (κ2) is 18.8. The molecule has 0 aromatic rings. The van der Waals surface area contributed by atoms with Gasteiger partial charge in [0, 0.05) is 6.42 Å². The third-order valence-corrected chi connectivity index (χ3v) is 4.79. The average molecular weight is 343 g/mol. The van der Waals surface area contributed by atoms with Gasteiger partial charge in [-0.25, -0.2) is 0 Å². The Morgan fingerprint density at radius 2 is 1.17 bits per heavy atom. The molecule has 3 nitrogen and oxygen atoms in total. The van der Waals surface area contributed by atoms with Crippen LogP contribution in [0, 0.1) is 0 Å². The van der Waals surface area contributed by atoms with Crippen LogP contribution in [0.25, 0.3) is 0 Å². The van der Waals surface area contributed by atoms with E-state index < -0.39 is 0 Å². The van der Waals surface area contributed by atoms with Crippen LogP contribution in [0.15, 0.2) is 0 Å². The maximum Gasteiger partial charge on any atom is 0.305 e. The Labute approximate surface area is 150 Å². The summed E-state index contributed by atoms with van der Waals surface area (Å²) in [6.45, 7) is 2.27. The molecule has 0 saturated carbocycles. The van der Waals surface area contributed by atoms with Crippen molar-refractivity contribution >= 4 is 5.97 Å². The van der Waals surface area contributed by atoms with Crippen LogP contribution in [0.3, 0.4) is 0 Å². The molecule has 0 aromatic carbocycles. The number of carbonyl (C=O) groups is 1. The maximum atomic E-state index is 11.0. The topological polar surface area (TPSA) is 46.5 Å². The minimum Gasteiger partial charge on any atom is -0.469 e. The lowest BCUT2D eigenvalue weighted by Crippen LogP contribution is -2.06. The van der Waals surface area contributed by atoms with E-state index in [1.54, 1.807) is 0 Å². The Balaban J connectivity index is 3.17. The summed E-state index contributed by atoms with van der Waals surface area (Å²) in [6, 6.07) is 0. The molecule has 1 N–H and O–H groups in total. The number of esters is 1. The summed E-state index contributed by atoms with van der Waals surface area (Å²) < 4.78 is 4.61. The van der Waals surface area contributed by atoms with E-state index in [1.165, 1.54) is 71.3 Å². The van der Waals surface area contributed by atoms with Gasteiger partial charge in [0.1, 0.15) is 0 Å². The van der Waals surface area contributed by atoms with Crippen molar-refractivity contribution in [3.8, 4) is 0 Å². The van der Waals surface area contributed by atoms with E-state index in [9.17, 15) is 9.90 Å². The van der Waals surface area contributed by atoms with Crippen LogP contribution in [0.4, 0.5) is 0 Å². The summed E-state index contributed by atoms with van der Waals surface area (Å²) in [4.78, 5) is 11.0. The largest absolute Gasteiger partial charge is 0.469 e. The van der Waals surface area contributed by atoms with Crippen LogP contribution >= 0.6 is 0 Å². The second-order valence-electron chi connectivity index (χ2n) is 7.15. The molecule has 0 radical (unpaired) electrons. The predicted molar refractivity (Wildman–Crippen MR) is 102 cm³/mol. The number of ether oxygens (including phenoxy) is 1. The van der Waals surface area contributed by atoms with Gasteiger partial charge >= 0.3 is 5.97 Å². The van der Waals surface area contributed by atoms with Gasteiger partial charge in [-0.3, -0.25) is 4.79 Å². The van der Waals surface area contributed by atoms with E-state index in [2.05, 4.69) is 11.7 Å². The van der Waals surface area contributed by atoms with Gasteiger partial charge in [0.25, 0.3) is 0 Å². The molecule has 0 saturated heterocycles. The molecule has 144 valence electrons. The fourth-order valence-electron chi connectivity index (χ4n) is 3.12. The van der Waals surface area contributed by atoms with Crippen molar-refractivity contribution in [2.75, 3.05) is 7.11 Å². The highest BCUT2D eigenvalue weighted by molar-refractivity contribution is 5.68. The molecule has 0 aliphatic heterocycles. The molecule has 3 heteroatoms. The number of aliphatic hydroxyl groups excluding tert-OH is 1. The monoisotopic (exact) mass is 342 g/mol. The van der Waals surface area contributed by atoms with Gasteiger partial charge < -0.3 is 9.84 Å². The zero-order valence-corrected chi connectivity index (χ0v) is 16.4. The van der Waals surface area contributed by atoms with E-state index in [1.807, 2.05) is 0 Å². The molecule has 0 bridgehead atoms. The number of unbranched alkanes of at least 4 members (excludes halogenated alkanes) is 12. The summed E-state index contributed by atoms with van der Waals surface area (Å²) in [5.41, 5.74) is 0. The smallest absolute Gasteiger partial charge is 0.305 e. The van der Waals surface area contributed by atoms with Crippen molar-refractivity contribution in [1.29, 1.82) is 0 Å². The van der Waals surface area contributed by atoms with E-state index in [0.717, 1.165) is 38.5 Å². The molecule has 0 amide bonds. The van der Waals surface area contributed by atoms with Crippen molar-refractivity contribution in [2.45, 2.75) is 122 Å². The molecule has 0 rings (SSSR count). The Morgan fingerprint density at radius 1 is 0.750 bits per heavy atom. The molecule has 24 heavy (non-hydrogen) atoms. The highest BCUT2D eigenvalue weighted by Crippen LogP contribution is 2.14. The number of methoxy groups -OCH3 is 1. The number of carbonyl (C=O) groups excluding carboxylic acids is 1. The number of aliphatic hydroxyl groups is 1. The van der Waals surface area contributed by atoms with Crippen LogP contribution in [-0.4, -0.2) is 24.3 Å². The van der Waals surface area contributed by atoms with Gasteiger partial charge in [-0.05, 0) is 19.3 Å². The maximum absolute atomic E-state index is 11.0. The minimum atomic E-state index is -0.151. The predicted octanol–water partition coefficient (Wildman–Crippen LogP) is 6.17. The van der Waals surface area contributed by atoms with E-state index >= 15 is 0 Å². The van der Waals surface area contributed by atoms with Crippen LogP contribution in [0.2, 0.25) is 0 Å². The van der Waals surface area contributed by atoms with Crippen molar-refractivity contribution in [1.82, 2.24) is 0 Å². The molecule has 1 atom stereocenters. The highest BCUT2D eigenvalue weighted by atomic mass is 16.5. The van der Waals surface area contributed by atoms with Crippen LogP contribution in [-0.2, 0) is 9.53 Å². The summed E-state index contributed by atoms with van der Waals surface area (Å²) in [6.07, 6.45) is 19.9. The van der Waals surface area contributed by atoms with Crippen molar-refractivity contribution < 1.29 is 14.6 Å². The molecule has 1 unspecified atom stereocenters. The summed E-state index contributed by atoms with van der Waals surface area (Å²) in [5.74, 6) is -0.128. The Hall–Kier alpha value is -0.570. The minimum absolute atomic E-state index is 0.128. The average Bonchev–Trinajstić information content (AvgIpc) is 2.59. The quantitative estimate of drug-likeness (QED) is 0.239. The van der Waals surface area contributed by atoms with Gasteiger partial charge in [0.2, 0.25) is 0 Å². The molecule has 0 fully saturated rings. The summed E-state index contributed by atoms with van der Waals surface area (Å²) in [5, 5.41) is 9.96. The van der Waals surface area contributed by atoms with Crippen LogP contribution in [0.5, 0.6) is 0 Å². The molecule has 0 aliphatic rings. The Bertz CT molecular complexity index is 266. The number of rotatable bonds is 18. The Morgan fingerprint density at radius 3 is 1.62 bits per heavy atom. The molecular weight excluding hydrogens is 300 g/mol. The fourth-order valence-corrected chi connectivity index (χ4v) is 3.12. The standard InChI is InChI=1S/C21H42O3/c1-3-4-5-6-7-8-9-10-11-12-14-17-20(22)18-15-13-16-19-21(23)24-2/h20,22H,3-19H2,1-2H3. The zero-order valence-electron chi connectivity index (χ0n) is 16.4. The number of hydrogen-bond acceptors (Lipinski definition) is 3. The first-order valence-corrected chi connectivity index (χ1v) is 10.5. The van der Waals surface area contributed by atoms with Crippen molar-refractivity contribution in [3.05, 3.63) is 0 Å². The molecule has 0 spiro atoms. The fraction of sp³-hybridized carbons (Fsp3) is 0.952. The van der Waals surface area contributed by atoms with E-state index in [-0.39, 0.29) is 12.1 Å². The number of hydrogen-bond donors (Lipinski definition) is 1. The molecular formula is C21H42O3. The van der Waals surface area contributed by atoms with Gasteiger partial charge in [-0.15, -0.1) is 0 Å². The SMILES string of the molecule is CCCCCCCCCCCCCC(O)CCCCCC(=O)OC. The molecule has 0 aliphatic carbocycles. The third kappa shape index (κ3) is 17.8. The summed E-state index contributed by atoms with van der Waals surface area (Å²) in [7, 11) is 1.43. The summed E-state index contributed by atoms with van der Waals surface area (Å²) >= 11 is 0. The lowest BCUT2D eigenvalue weighted by atomic mass is 10.0. The first-order valence-electron chi connectivity index (χ1n) is 10.5. The normalized spacial score (nSPS) is 12.3. The van der Waals surface area contributed by atoms with Gasteiger partial charge in [-0.2, -0.15) is 0 Å². The van der Waals surface area contributed by atoms with Crippen molar-refractivity contribution in [2.24, 2.45) is 0 Å². The van der Waals surface area contributed by atoms with Crippen molar-refractivity contribution in [3.63, 3.8) is 0 Å². The second-order valence-corrected chi connectivity index (χ2v) is 7.15. The third-order valence-electron chi connectivity index (χ3n) is 4.79. The van der Waals surface area contributed by atoms with E-state index in [4.69, 9.17) is 0 Å². The van der Waals surface area contributed by atoms with E-state index in [0.29, 0.717) is 6.42 Å². The highest BCUT2D eigenvalue weighted by Gasteiger charge is 2.05. The Kier molecular flexibility index (Phi) is 18.3. The lowest BCUT2D eigenvalue weighted by molar-refractivity contribution is -0.140.